The molecule has 7 heteroatoms. The summed E-state index contributed by atoms with van der Waals surface area (Å²) in [5, 5.41) is 7.36. The van der Waals surface area contributed by atoms with Crippen molar-refractivity contribution >= 4 is 22.6 Å². The van der Waals surface area contributed by atoms with Gasteiger partial charge in [-0.25, -0.2) is 14.4 Å². The van der Waals surface area contributed by atoms with Crippen molar-refractivity contribution in [1.29, 1.82) is 0 Å². The Balaban J connectivity index is 1.34. The SMILES string of the molecule is CCCC1NC(=O)c2ccc(-c3cc(NCCn4c(C)cc5c(C)ccc(F)c54)ncn3)cc21. The maximum absolute atomic E-state index is 14.5. The van der Waals surface area contributed by atoms with E-state index in [4.69, 9.17) is 0 Å². The molecular formula is C27H28FN5O. The predicted octanol–water partition coefficient (Wildman–Crippen LogP) is 5.55. The zero-order valence-electron chi connectivity index (χ0n) is 19.7. The van der Waals surface area contributed by atoms with E-state index in [1.165, 1.54) is 12.4 Å². The molecule has 0 bridgehead atoms. The van der Waals surface area contributed by atoms with Crippen LogP contribution in [0.15, 0.2) is 48.8 Å². The fourth-order valence-corrected chi connectivity index (χ4v) is 4.84. The number of nitrogens with zero attached hydrogens (tertiary/aromatic N) is 3. The summed E-state index contributed by atoms with van der Waals surface area (Å²) >= 11 is 0. The lowest BCUT2D eigenvalue weighted by Gasteiger charge is -2.12. The summed E-state index contributed by atoms with van der Waals surface area (Å²) in [5.41, 5.74) is 6.25. The van der Waals surface area contributed by atoms with E-state index in [1.54, 1.807) is 0 Å². The highest BCUT2D eigenvalue weighted by Gasteiger charge is 2.28. The van der Waals surface area contributed by atoms with E-state index in [1.807, 2.05) is 48.7 Å². The summed E-state index contributed by atoms with van der Waals surface area (Å²) in [6.45, 7) is 7.32. The number of fused-ring (bicyclic) bond motifs is 2. The van der Waals surface area contributed by atoms with Gasteiger partial charge in [0, 0.05) is 41.4 Å². The second-order valence-electron chi connectivity index (χ2n) is 8.90. The lowest BCUT2D eigenvalue weighted by Crippen LogP contribution is -2.18. The minimum atomic E-state index is -0.205. The van der Waals surface area contributed by atoms with E-state index in [-0.39, 0.29) is 17.8 Å². The van der Waals surface area contributed by atoms with Crippen molar-refractivity contribution < 1.29 is 9.18 Å². The summed E-state index contributed by atoms with van der Waals surface area (Å²) in [7, 11) is 0. The normalized spacial score (nSPS) is 14.9. The van der Waals surface area contributed by atoms with Crippen LogP contribution in [0.2, 0.25) is 0 Å². The lowest BCUT2D eigenvalue weighted by molar-refractivity contribution is 0.0955. The Bertz CT molecular complexity index is 1390. The van der Waals surface area contributed by atoms with Crippen LogP contribution in [-0.2, 0) is 6.54 Å². The van der Waals surface area contributed by atoms with E-state index in [9.17, 15) is 9.18 Å². The molecular weight excluding hydrogens is 429 g/mol. The molecule has 4 aromatic rings. The summed E-state index contributed by atoms with van der Waals surface area (Å²) in [5.74, 6) is 0.490. The molecule has 3 heterocycles. The van der Waals surface area contributed by atoms with Gasteiger partial charge in [0.1, 0.15) is 18.0 Å². The van der Waals surface area contributed by atoms with E-state index in [0.717, 1.165) is 51.9 Å². The maximum atomic E-state index is 14.5. The molecule has 1 amide bonds. The van der Waals surface area contributed by atoms with E-state index >= 15 is 0 Å². The van der Waals surface area contributed by atoms with Gasteiger partial charge in [0.2, 0.25) is 0 Å². The summed E-state index contributed by atoms with van der Waals surface area (Å²) in [4.78, 5) is 21.0. The standard InChI is InChI=1S/C27H28FN5O/c1-4-5-23-21-13-18(7-8-19(21)27(34)32-23)24-14-25(31-15-30-24)29-10-11-33-17(3)12-20-16(2)6-9-22(28)26(20)33/h6-9,12-15,23H,4-5,10-11H2,1-3H3,(H,32,34)(H,29,30,31). The molecule has 2 N–H and O–H groups in total. The van der Waals surface area contributed by atoms with Gasteiger partial charge < -0.3 is 15.2 Å². The Hall–Kier alpha value is -3.74. The Morgan fingerprint density at radius 1 is 1.12 bits per heavy atom. The van der Waals surface area contributed by atoms with Gasteiger partial charge in [-0.05, 0) is 55.7 Å². The monoisotopic (exact) mass is 457 g/mol. The summed E-state index contributed by atoms with van der Waals surface area (Å²) in [6, 6.07) is 13.2. The first-order chi connectivity index (χ1) is 16.5. The third-order valence-electron chi connectivity index (χ3n) is 6.59. The van der Waals surface area contributed by atoms with Crippen molar-refractivity contribution in [2.75, 3.05) is 11.9 Å². The molecule has 5 rings (SSSR count). The largest absolute Gasteiger partial charge is 0.368 e. The molecule has 0 saturated carbocycles. The predicted molar refractivity (Wildman–Crippen MR) is 132 cm³/mol. The first kappa shape index (κ1) is 22.1. The topological polar surface area (TPSA) is 71.8 Å². The highest BCUT2D eigenvalue weighted by molar-refractivity contribution is 5.99. The molecule has 1 unspecified atom stereocenters. The molecule has 1 atom stereocenters. The minimum Gasteiger partial charge on any atom is -0.368 e. The average Bonchev–Trinajstić information content (AvgIpc) is 3.34. The molecule has 2 aromatic heterocycles. The molecule has 2 aromatic carbocycles. The number of amides is 1. The Kier molecular flexibility index (Phi) is 5.77. The Morgan fingerprint density at radius 2 is 1.97 bits per heavy atom. The lowest BCUT2D eigenvalue weighted by atomic mass is 9.97. The van der Waals surface area contributed by atoms with Crippen molar-refractivity contribution in [3.63, 3.8) is 0 Å². The van der Waals surface area contributed by atoms with Crippen molar-refractivity contribution in [3.05, 3.63) is 77.0 Å². The number of aromatic nitrogens is 3. The van der Waals surface area contributed by atoms with Gasteiger partial charge in [0.25, 0.3) is 5.91 Å². The van der Waals surface area contributed by atoms with Crippen LogP contribution >= 0.6 is 0 Å². The van der Waals surface area contributed by atoms with Gasteiger partial charge in [-0.1, -0.05) is 25.5 Å². The molecule has 0 radical (unpaired) electrons. The average molecular weight is 458 g/mol. The quantitative estimate of drug-likeness (QED) is 0.382. The highest BCUT2D eigenvalue weighted by Crippen LogP contribution is 2.32. The zero-order valence-corrected chi connectivity index (χ0v) is 19.7. The second-order valence-corrected chi connectivity index (χ2v) is 8.90. The first-order valence-corrected chi connectivity index (χ1v) is 11.7. The minimum absolute atomic E-state index is 0.00972. The first-order valence-electron chi connectivity index (χ1n) is 11.7. The number of nitrogens with one attached hydrogen (secondary N) is 2. The van der Waals surface area contributed by atoms with Crippen LogP contribution in [-0.4, -0.2) is 27.0 Å². The number of hydrogen-bond donors (Lipinski definition) is 2. The molecule has 1 aliphatic rings. The van der Waals surface area contributed by atoms with Crippen LogP contribution in [0, 0.1) is 19.7 Å². The number of aryl methyl sites for hydroxylation is 2. The number of carbonyl (C=O) groups excluding carboxylic acids is 1. The molecule has 1 aliphatic heterocycles. The number of carbonyl (C=O) groups is 1. The number of anilines is 1. The van der Waals surface area contributed by atoms with Crippen LogP contribution in [0.1, 0.15) is 53.0 Å². The van der Waals surface area contributed by atoms with Crippen molar-refractivity contribution in [2.45, 2.75) is 46.2 Å². The maximum Gasteiger partial charge on any atom is 0.252 e. The summed E-state index contributed by atoms with van der Waals surface area (Å²) < 4.78 is 16.5. The van der Waals surface area contributed by atoms with E-state index in [0.29, 0.717) is 24.4 Å². The van der Waals surface area contributed by atoms with Gasteiger partial charge >= 0.3 is 0 Å². The fraction of sp³-hybridized carbons (Fsp3) is 0.296. The van der Waals surface area contributed by atoms with Gasteiger partial charge in [-0.2, -0.15) is 0 Å². The molecule has 0 aliphatic carbocycles. The van der Waals surface area contributed by atoms with E-state index < -0.39 is 0 Å². The third-order valence-corrected chi connectivity index (χ3v) is 6.59. The van der Waals surface area contributed by atoms with Crippen molar-refractivity contribution in [1.82, 2.24) is 19.9 Å². The second kappa shape index (κ2) is 8.89. The van der Waals surface area contributed by atoms with Crippen molar-refractivity contribution in [3.8, 4) is 11.3 Å². The highest BCUT2D eigenvalue weighted by atomic mass is 19.1. The molecule has 0 spiro atoms. The zero-order chi connectivity index (χ0) is 23.8. The van der Waals surface area contributed by atoms with Gasteiger partial charge in [-0.15, -0.1) is 0 Å². The van der Waals surface area contributed by atoms with E-state index in [2.05, 4.69) is 33.6 Å². The van der Waals surface area contributed by atoms with Crippen LogP contribution in [0.5, 0.6) is 0 Å². The van der Waals surface area contributed by atoms with Crippen molar-refractivity contribution in [2.24, 2.45) is 0 Å². The number of halogens is 1. The Morgan fingerprint density at radius 3 is 2.79 bits per heavy atom. The third kappa shape index (κ3) is 3.91. The molecule has 174 valence electrons. The fourth-order valence-electron chi connectivity index (χ4n) is 4.84. The number of benzene rings is 2. The Labute approximate surface area is 198 Å². The smallest absolute Gasteiger partial charge is 0.252 e. The molecule has 34 heavy (non-hydrogen) atoms. The van der Waals surface area contributed by atoms with Crippen LogP contribution in [0.4, 0.5) is 10.2 Å². The van der Waals surface area contributed by atoms with Gasteiger partial charge in [0.05, 0.1) is 17.3 Å². The van der Waals surface area contributed by atoms with Crippen LogP contribution in [0.3, 0.4) is 0 Å². The summed E-state index contributed by atoms with van der Waals surface area (Å²) in [6.07, 6.45) is 3.44. The van der Waals surface area contributed by atoms with Gasteiger partial charge in [-0.3, -0.25) is 4.79 Å². The molecule has 0 fully saturated rings. The van der Waals surface area contributed by atoms with Gasteiger partial charge in [0.15, 0.2) is 0 Å². The number of rotatable bonds is 7. The van der Waals surface area contributed by atoms with Crippen LogP contribution < -0.4 is 10.6 Å². The molecule has 6 nitrogen and oxygen atoms in total. The molecule has 0 saturated heterocycles. The van der Waals surface area contributed by atoms with Crippen LogP contribution in [0.25, 0.3) is 22.2 Å². The number of hydrogen-bond acceptors (Lipinski definition) is 4.